The average molecular weight is 5590 g/mol. The minimum atomic E-state index is -4.67. The Kier molecular flexibility index (Phi) is 756. The van der Waals surface area contributed by atoms with Crippen molar-refractivity contribution >= 4 is 1790 Å². The molecule has 75 heteroatoms. The zero-order chi connectivity index (χ0) is 36.0. The number of hydrogen-bond donors (Lipinski definition) is 16. The minimum Gasteiger partial charge on any atom is -0.264 e. The molecule has 0 fully saturated rings. The monoisotopic (exact) mass is 5610 g/mol. The SMILES string of the molecule is O=S(=O)(O)O.O=S(=O)(O)O.O=S(=O)(O)O.O=S(=O)(O)O.O=S(=O)(O)O.O=S(=O)(O)O.O=S(=O)(O)O.O=S(=O)(O)O.[Ba+2].[Ba+2].[Ba+2].[Ba+2].[Ba+2].[Ba+2].[Ba+2].[Ba+2].[Ba+2].[Ba+2].[Ba+2].[Ba+2].[Ba+2].[Ba+2].[Ba+2].[Ba+2].[Ba+2].[Ba+2].[Ba+2].[Ba+2].[Ba+2].[Ba+2].[Ba+2].[Ba+2].[Ba+2].[Ba+2].[Ba+2].[Ba+2].[Ba+2].[Ba+2].[Ba+2].[Ba+2].[Ba+2].[Ba+2].[Ba+2]. The van der Waals surface area contributed by atoms with Crippen molar-refractivity contribution in [3.8, 4) is 0 Å². The van der Waals surface area contributed by atoms with Gasteiger partial charge in [-0.3, -0.25) is 72.8 Å². The van der Waals surface area contributed by atoms with E-state index in [1.165, 1.54) is 0 Å². The van der Waals surface area contributed by atoms with E-state index in [1.54, 1.807) is 0 Å². The summed E-state index contributed by atoms with van der Waals surface area (Å²) < 4.78 is 253. The van der Waals surface area contributed by atoms with Crippen LogP contribution in [-0.4, -0.2) is 1850 Å². The van der Waals surface area contributed by atoms with Gasteiger partial charge in [0.05, 0.1) is 0 Å². The van der Waals surface area contributed by atoms with Crippen molar-refractivity contribution in [1.29, 1.82) is 0 Å². The Morgan fingerprint density at radius 3 is 0.0933 bits per heavy atom. The van der Waals surface area contributed by atoms with Crippen LogP contribution in [0.4, 0.5) is 0 Å². The first kappa shape index (κ1) is 286. The normalized spacial score (nSPS) is 6.19. The Bertz CT molecular complexity index is 1130. The average Bonchev–Trinajstić information content (AvgIpc) is 2.16. The van der Waals surface area contributed by atoms with Crippen LogP contribution in [-0.2, 0) is 83.2 Å². The first-order valence-electron chi connectivity index (χ1n) is 5.59. The van der Waals surface area contributed by atoms with Gasteiger partial charge in [-0.05, 0) is 0 Å². The maximum atomic E-state index is 8.74. The molecule has 0 heterocycles. The van der Waals surface area contributed by atoms with Gasteiger partial charge in [-0.2, -0.15) is 67.3 Å². The van der Waals surface area contributed by atoms with Crippen molar-refractivity contribution in [2.75, 3.05) is 0 Å². The van der Waals surface area contributed by atoms with E-state index in [0.717, 1.165) is 0 Å². The summed E-state index contributed by atoms with van der Waals surface area (Å²) in [6, 6.07) is 0. The molecule has 0 unspecified atom stereocenters. The van der Waals surface area contributed by atoms with Gasteiger partial charge < -0.3 is 0 Å². The topological polar surface area (TPSA) is 597 Å². The summed E-state index contributed by atoms with van der Waals surface area (Å²) in [6.45, 7) is 0. The van der Waals surface area contributed by atoms with Crippen LogP contribution >= 0.6 is 0 Å². The fourth-order valence-corrected chi connectivity index (χ4v) is 0. The first-order valence-corrected chi connectivity index (χ1v) is 16.8. The Morgan fingerprint density at radius 1 is 0.0933 bits per heavy atom. The summed E-state index contributed by atoms with van der Waals surface area (Å²) in [5.74, 6) is 0. The van der Waals surface area contributed by atoms with Crippen molar-refractivity contribution in [2.45, 2.75) is 0 Å². The van der Waals surface area contributed by atoms with E-state index >= 15 is 0 Å². The zero-order valence-corrected chi connectivity index (χ0v) is 204. The molecule has 0 amide bonds. The molecule has 0 aromatic carbocycles. The largest absolute Gasteiger partial charge is 2.00 e. The van der Waals surface area contributed by atoms with Crippen molar-refractivity contribution in [3.63, 3.8) is 0 Å². The summed E-state index contributed by atoms with van der Waals surface area (Å²) >= 11 is 0. The van der Waals surface area contributed by atoms with Gasteiger partial charge in [-0.25, -0.2) is 0 Å². The van der Waals surface area contributed by atoms with Gasteiger partial charge >= 0.3 is 1790 Å². The fourth-order valence-electron chi connectivity index (χ4n) is 0. The quantitative estimate of drug-likeness (QED) is 0.0791. The van der Waals surface area contributed by atoms with E-state index in [4.69, 9.17) is 140 Å². The molecule has 16 N–H and O–H groups in total. The molecule has 0 bridgehead atoms. The van der Waals surface area contributed by atoms with Gasteiger partial charge in [0.25, 0.3) is 0 Å². The van der Waals surface area contributed by atoms with E-state index in [-0.39, 0.29) is 1710 Å². The van der Waals surface area contributed by atoms with Gasteiger partial charge in [0.1, 0.15) is 0 Å². The second-order valence-corrected chi connectivity index (χ2v) is 10.7. The molecule has 75 heavy (non-hydrogen) atoms. The van der Waals surface area contributed by atoms with Crippen LogP contribution in [0.15, 0.2) is 0 Å². The molecule has 0 aliphatic heterocycles. The molecule has 0 aliphatic carbocycles. The second kappa shape index (κ2) is 198. The molecule has 32 nitrogen and oxygen atoms in total. The summed E-state index contributed by atoms with van der Waals surface area (Å²) in [5.41, 5.74) is 0. The van der Waals surface area contributed by atoms with Gasteiger partial charge in [-0.1, -0.05) is 0 Å². The third-order valence-corrected chi connectivity index (χ3v) is 0. The van der Waals surface area contributed by atoms with Gasteiger partial charge in [-0.15, -0.1) is 0 Å². The van der Waals surface area contributed by atoms with Crippen LogP contribution in [0, 0.1) is 0 Å². The Balaban J connectivity index is -0.00000000357. The fraction of sp³-hybridized carbons (Fsp3) is 0. The van der Waals surface area contributed by atoms with Crippen LogP contribution in [0.3, 0.4) is 0 Å². The molecular formula is H16Ba35O32S8+70. The molecule has 0 saturated carbocycles. The second-order valence-electron chi connectivity index (χ2n) is 3.58. The molecule has 256 valence electrons. The van der Waals surface area contributed by atoms with Crippen molar-refractivity contribution in [2.24, 2.45) is 0 Å². The molecule has 0 rings (SSSR count). The molecule has 0 aromatic heterocycles. The third-order valence-electron chi connectivity index (χ3n) is 0. The molecule has 0 spiro atoms. The Morgan fingerprint density at radius 2 is 0.0933 bits per heavy atom. The summed E-state index contributed by atoms with van der Waals surface area (Å²) in [4.78, 5) is 0. The van der Waals surface area contributed by atoms with E-state index in [1.807, 2.05) is 0 Å². The summed E-state index contributed by atoms with van der Waals surface area (Å²) in [7, 11) is -37.3. The first-order chi connectivity index (χ1) is 16.0. The maximum absolute atomic E-state index is 8.74. The smallest absolute Gasteiger partial charge is 0.264 e. The molecule has 0 aliphatic rings. The number of rotatable bonds is 0. The van der Waals surface area contributed by atoms with Crippen molar-refractivity contribution in [3.05, 3.63) is 0 Å². The molecule has 0 radical (unpaired) electrons. The van der Waals surface area contributed by atoms with Crippen LogP contribution < -0.4 is 0 Å². The van der Waals surface area contributed by atoms with Crippen molar-refractivity contribution in [1.82, 2.24) is 0 Å². The minimum absolute atomic E-state index is 0. The van der Waals surface area contributed by atoms with Crippen molar-refractivity contribution < 1.29 is 140 Å². The predicted octanol–water partition coefficient (Wildman–Crippen LogP) is -18.6. The van der Waals surface area contributed by atoms with Gasteiger partial charge in [0.2, 0.25) is 0 Å². The van der Waals surface area contributed by atoms with Crippen LogP contribution in [0.25, 0.3) is 0 Å². The zero-order valence-electron chi connectivity index (χ0n) is 41.7. The Labute approximate surface area is 1850 Å². The van der Waals surface area contributed by atoms with E-state index in [9.17, 15) is 0 Å². The summed E-state index contributed by atoms with van der Waals surface area (Å²) in [5, 5.41) is 0. The van der Waals surface area contributed by atoms with Gasteiger partial charge in [0, 0.05) is 0 Å². The maximum Gasteiger partial charge on any atom is 2.00 e. The molecule has 0 aromatic rings. The summed E-state index contributed by atoms with van der Waals surface area (Å²) in [6.07, 6.45) is 0. The molecular weight excluding hydrogens is 5570 g/mol. The van der Waals surface area contributed by atoms with E-state index in [0.29, 0.717) is 0 Å². The predicted molar refractivity (Wildman–Crippen MR) is 315 cm³/mol. The Hall–Kier alpha value is 54.0. The van der Waals surface area contributed by atoms with Crippen LogP contribution in [0.1, 0.15) is 0 Å². The van der Waals surface area contributed by atoms with Gasteiger partial charge in [0.15, 0.2) is 0 Å². The number of hydrogen-bond acceptors (Lipinski definition) is 16. The van der Waals surface area contributed by atoms with E-state index in [2.05, 4.69) is 0 Å². The standard InChI is InChI=1S/35Ba.8H2O4S/c;;;;;;;;;;;;;;;;;;;;;;;;;;;;;;;;;;;8*1-5(2,3)4/h;;;;;;;;;;;;;;;;;;;;;;;;;;;;;;;;;;;8*(H2,1,2,3,4)/q35*+2;;;;;;;;. The molecule has 0 atom stereocenters. The molecule has 0 saturated heterocycles. The van der Waals surface area contributed by atoms with E-state index < -0.39 is 83.2 Å². The van der Waals surface area contributed by atoms with Crippen LogP contribution in [0.5, 0.6) is 0 Å². The third kappa shape index (κ3) is 697. The van der Waals surface area contributed by atoms with Crippen LogP contribution in [0.2, 0.25) is 0 Å².